The van der Waals surface area contributed by atoms with Gasteiger partial charge in [0.1, 0.15) is 11.5 Å². The van der Waals surface area contributed by atoms with Gasteiger partial charge in [-0.05, 0) is 30.7 Å². The van der Waals surface area contributed by atoms with E-state index in [1.54, 1.807) is 24.3 Å². The summed E-state index contributed by atoms with van der Waals surface area (Å²) in [4.78, 5) is 22.2. The molecule has 2 N–H and O–H groups in total. The van der Waals surface area contributed by atoms with Crippen molar-refractivity contribution in [3.63, 3.8) is 0 Å². The molecule has 0 saturated carbocycles. The van der Waals surface area contributed by atoms with Gasteiger partial charge in [-0.25, -0.2) is 4.39 Å². The van der Waals surface area contributed by atoms with Gasteiger partial charge in [-0.1, -0.05) is 28.1 Å². The predicted octanol–water partition coefficient (Wildman–Crippen LogP) is 4.33. The number of carbonyl (C=O) groups is 1. The Morgan fingerprint density at radius 3 is 2.67 bits per heavy atom. The van der Waals surface area contributed by atoms with E-state index < -0.39 is 10.7 Å². The minimum Gasteiger partial charge on any atom is -0.379 e. The number of benzene rings is 2. The van der Waals surface area contributed by atoms with Crippen LogP contribution in [0.2, 0.25) is 0 Å². The van der Waals surface area contributed by atoms with Gasteiger partial charge in [0.05, 0.1) is 10.6 Å². The number of hydrogen-bond donors (Lipinski definition) is 2. The SMILES string of the molecule is O=C(CCCNc1ccccc1[N+](=O)[O-])Nc1ccc(Br)cc1F. The van der Waals surface area contributed by atoms with Crippen molar-refractivity contribution in [3.8, 4) is 0 Å². The Hall–Kier alpha value is -2.48. The number of nitro benzene ring substituents is 1. The van der Waals surface area contributed by atoms with Gasteiger partial charge in [0, 0.05) is 23.5 Å². The van der Waals surface area contributed by atoms with E-state index in [0.717, 1.165) is 0 Å². The lowest BCUT2D eigenvalue weighted by Crippen LogP contribution is -2.14. The van der Waals surface area contributed by atoms with Crippen molar-refractivity contribution >= 4 is 38.9 Å². The van der Waals surface area contributed by atoms with Crippen molar-refractivity contribution < 1.29 is 14.1 Å². The second kappa shape index (κ2) is 8.39. The molecule has 0 heterocycles. The fraction of sp³-hybridized carbons (Fsp3) is 0.188. The van der Waals surface area contributed by atoms with Crippen LogP contribution in [0, 0.1) is 15.9 Å². The van der Waals surface area contributed by atoms with Gasteiger partial charge in [0.2, 0.25) is 5.91 Å². The minimum absolute atomic E-state index is 0.0149. The topological polar surface area (TPSA) is 84.3 Å². The van der Waals surface area contributed by atoms with Crippen LogP contribution in [0.4, 0.5) is 21.5 Å². The van der Waals surface area contributed by atoms with Crippen LogP contribution in [0.1, 0.15) is 12.8 Å². The molecule has 0 unspecified atom stereocenters. The first-order valence-electron chi connectivity index (χ1n) is 7.19. The standard InChI is InChI=1S/C16H15BrFN3O3/c17-11-7-8-13(12(18)10-11)20-16(22)6-3-9-19-14-4-1-2-5-15(14)21(23)24/h1-2,4-5,7-8,10,19H,3,6,9H2,(H,20,22). The van der Waals surface area contributed by atoms with E-state index in [9.17, 15) is 19.3 Å². The Bertz CT molecular complexity index is 755. The summed E-state index contributed by atoms with van der Waals surface area (Å²) in [5.41, 5.74) is 0.510. The van der Waals surface area contributed by atoms with Crippen LogP contribution in [-0.2, 0) is 4.79 Å². The first-order chi connectivity index (χ1) is 11.5. The number of para-hydroxylation sites is 2. The fourth-order valence-electron chi connectivity index (χ4n) is 2.06. The number of halogens is 2. The van der Waals surface area contributed by atoms with E-state index in [2.05, 4.69) is 26.6 Å². The average molecular weight is 396 g/mol. The third-order valence-corrected chi connectivity index (χ3v) is 3.70. The Kier molecular flexibility index (Phi) is 6.25. The van der Waals surface area contributed by atoms with Crippen molar-refractivity contribution in [1.82, 2.24) is 0 Å². The zero-order chi connectivity index (χ0) is 17.5. The third-order valence-electron chi connectivity index (χ3n) is 3.20. The van der Waals surface area contributed by atoms with Crippen molar-refractivity contribution in [3.05, 3.63) is 62.9 Å². The highest BCUT2D eigenvalue weighted by Gasteiger charge is 2.12. The predicted molar refractivity (Wildman–Crippen MR) is 93.5 cm³/mol. The summed E-state index contributed by atoms with van der Waals surface area (Å²) in [5, 5.41) is 16.3. The molecule has 0 aromatic heterocycles. The number of rotatable bonds is 7. The van der Waals surface area contributed by atoms with Gasteiger partial charge < -0.3 is 10.6 Å². The zero-order valence-corrected chi connectivity index (χ0v) is 14.2. The van der Waals surface area contributed by atoms with E-state index in [4.69, 9.17) is 0 Å². The lowest BCUT2D eigenvalue weighted by molar-refractivity contribution is -0.384. The van der Waals surface area contributed by atoms with Gasteiger partial charge in [-0.3, -0.25) is 14.9 Å². The van der Waals surface area contributed by atoms with E-state index in [1.807, 2.05) is 0 Å². The van der Waals surface area contributed by atoms with E-state index in [1.165, 1.54) is 18.2 Å². The molecule has 2 aromatic carbocycles. The summed E-state index contributed by atoms with van der Waals surface area (Å²) in [6.45, 7) is 0.390. The maximum absolute atomic E-state index is 13.6. The molecule has 0 bridgehead atoms. The van der Waals surface area contributed by atoms with Crippen LogP contribution in [0.3, 0.4) is 0 Å². The van der Waals surface area contributed by atoms with Crippen LogP contribution < -0.4 is 10.6 Å². The van der Waals surface area contributed by atoms with Crippen LogP contribution in [0.25, 0.3) is 0 Å². The zero-order valence-electron chi connectivity index (χ0n) is 12.6. The van der Waals surface area contributed by atoms with Crippen LogP contribution in [0.15, 0.2) is 46.9 Å². The summed E-state index contributed by atoms with van der Waals surface area (Å²) in [6, 6.07) is 10.7. The number of nitrogens with one attached hydrogen (secondary N) is 2. The maximum atomic E-state index is 13.6. The van der Waals surface area contributed by atoms with Gasteiger partial charge in [0.15, 0.2) is 0 Å². The molecule has 8 heteroatoms. The average Bonchev–Trinajstić information content (AvgIpc) is 2.54. The molecule has 6 nitrogen and oxygen atoms in total. The Morgan fingerprint density at radius 2 is 1.96 bits per heavy atom. The molecule has 0 radical (unpaired) electrons. The molecule has 2 aromatic rings. The number of nitro groups is 1. The van der Waals surface area contributed by atoms with Crippen molar-refractivity contribution in [2.24, 2.45) is 0 Å². The maximum Gasteiger partial charge on any atom is 0.292 e. The first kappa shape index (κ1) is 17.9. The molecule has 0 spiro atoms. The molecular formula is C16H15BrFN3O3. The van der Waals surface area contributed by atoms with E-state index >= 15 is 0 Å². The molecule has 0 aliphatic carbocycles. The van der Waals surface area contributed by atoms with Gasteiger partial charge in [0.25, 0.3) is 5.69 Å². The third kappa shape index (κ3) is 5.02. The van der Waals surface area contributed by atoms with Gasteiger partial charge in [-0.15, -0.1) is 0 Å². The van der Waals surface area contributed by atoms with Crippen molar-refractivity contribution in [2.45, 2.75) is 12.8 Å². The molecule has 0 atom stereocenters. The quantitative estimate of drug-likeness (QED) is 0.415. The molecule has 126 valence electrons. The molecule has 0 aliphatic heterocycles. The summed E-state index contributed by atoms with van der Waals surface area (Å²) in [7, 11) is 0. The normalized spacial score (nSPS) is 10.2. The highest BCUT2D eigenvalue weighted by molar-refractivity contribution is 9.10. The Balaban J connectivity index is 1.80. The summed E-state index contributed by atoms with van der Waals surface area (Å²) in [6.07, 6.45) is 0.624. The molecular weight excluding hydrogens is 381 g/mol. The molecule has 0 saturated heterocycles. The lowest BCUT2D eigenvalue weighted by Gasteiger charge is -2.08. The smallest absolute Gasteiger partial charge is 0.292 e. The molecule has 0 aliphatic rings. The summed E-state index contributed by atoms with van der Waals surface area (Å²) < 4.78 is 14.2. The second-order valence-electron chi connectivity index (χ2n) is 4.98. The van der Waals surface area contributed by atoms with Crippen LogP contribution in [0.5, 0.6) is 0 Å². The van der Waals surface area contributed by atoms with Crippen LogP contribution >= 0.6 is 15.9 Å². The molecule has 2 rings (SSSR count). The van der Waals surface area contributed by atoms with E-state index in [0.29, 0.717) is 23.1 Å². The van der Waals surface area contributed by atoms with Crippen molar-refractivity contribution in [1.29, 1.82) is 0 Å². The minimum atomic E-state index is -0.518. The van der Waals surface area contributed by atoms with Crippen LogP contribution in [-0.4, -0.2) is 17.4 Å². The number of hydrogen-bond acceptors (Lipinski definition) is 4. The fourth-order valence-corrected chi connectivity index (χ4v) is 2.39. The largest absolute Gasteiger partial charge is 0.379 e. The van der Waals surface area contributed by atoms with E-state index in [-0.39, 0.29) is 23.7 Å². The molecule has 0 fully saturated rings. The number of nitrogens with zero attached hydrogens (tertiary/aromatic N) is 1. The highest BCUT2D eigenvalue weighted by Crippen LogP contribution is 2.23. The number of amides is 1. The Labute approximate surface area is 146 Å². The van der Waals surface area contributed by atoms with Gasteiger partial charge in [-0.2, -0.15) is 0 Å². The monoisotopic (exact) mass is 395 g/mol. The molecule has 1 amide bonds. The Morgan fingerprint density at radius 1 is 1.21 bits per heavy atom. The highest BCUT2D eigenvalue weighted by atomic mass is 79.9. The number of anilines is 2. The first-order valence-corrected chi connectivity index (χ1v) is 7.99. The van der Waals surface area contributed by atoms with Crippen molar-refractivity contribution in [2.75, 3.05) is 17.2 Å². The molecule has 24 heavy (non-hydrogen) atoms. The van der Waals surface area contributed by atoms with Gasteiger partial charge >= 0.3 is 0 Å². The lowest BCUT2D eigenvalue weighted by atomic mass is 10.2. The number of carbonyl (C=O) groups excluding carboxylic acids is 1. The summed E-state index contributed by atoms with van der Waals surface area (Å²) >= 11 is 3.14. The summed E-state index contributed by atoms with van der Waals surface area (Å²) in [5.74, 6) is -0.837. The second-order valence-corrected chi connectivity index (χ2v) is 5.89.